The molecule has 98 valence electrons. The highest BCUT2D eigenvalue weighted by Gasteiger charge is 2.36. The Kier molecular flexibility index (Phi) is 4.36. The summed E-state index contributed by atoms with van der Waals surface area (Å²) < 4.78 is 0.309. The highest BCUT2D eigenvalue weighted by molar-refractivity contribution is 8.00. The number of likely N-dealkylation sites (N-methyl/N-ethyl adjacent to an activating group) is 1. The lowest BCUT2D eigenvalue weighted by atomic mass is 10.0. The van der Waals surface area contributed by atoms with Crippen molar-refractivity contribution in [2.24, 2.45) is 0 Å². The minimum Gasteiger partial charge on any atom is -0.340 e. The fourth-order valence-corrected chi connectivity index (χ4v) is 4.22. The summed E-state index contributed by atoms with van der Waals surface area (Å²) in [6.07, 6.45) is 4.71. The number of hydrogen-bond acceptors (Lipinski definition) is 3. The van der Waals surface area contributed by atoms with Gasteiger partial charge in [0, 0.05) is 17.8 Å². The van der Waals surface area contributed by atoms with E-state index in [-0.39, 0.29) is 6.04 Å². The van der Waals surface area contributed by atoms with Gasteiger partial charge >= 0.3 is 0 Å². The van der Waals surface area contributed by atoms with Crippen LogP contribution < -0.4 is 5.32 Å². The molecule has 2 saturated heterocycles. The van der Waals surface area contributed by atoms with Crippen molar-refractivity contribution in [1.29, 1.82) is 0 Å². The number of likely N-dealkylation sites (tertiary alicyclic amines) is 1. The summed E-state index contributed by atoms with van der Waals surface area (Å²) in [6.45, 7) is 7.17. The van der Waals surface area contributed by atoms with Crippen molar-refractivity contribution in [2.45, 2.75) is 50.3 Å². The maximum atomic E-state index is 12.3. The number of thioether (sulfide) groups is 1. The number of nitrogens with one attached hydrogen (secondary N) is 1. The zero-order valence-corrected chi connectivity index (χ0v) is 11.8. The first-order valence-corrected chi connectivity index (χ1v) is 7.79. The highest BCUT2D eigenvalue weighted by Crippen LogP contribution is 2.38. The molecular weight excluding hydrogens is 232 g/mol. The van der Waals surface area contributed by atoms with Gasteiger partial charge in [-0.1, -0.05) is 6.92 Å². The highest BCUT2D eigenvalue weighted by atomic mass is 32.2. The minimum atomic E-state index is 0.0729. The lowest BCUT2D eigenvalue weighted by Gasteiger charge is -2.37. The summed E-state index contributed by atoms with van der Waals surface area (Å²) in [5.41, 5.74) is 0. The number of nitrogens with zero attached hydrogens (tertiary/aromatic N) is 1. The second-order valence-corrected chi connectivity index (χ2v) is 7.10. The lowest BCUT2D eigenvalue weighted by molar-refractivity contribution is -0.136. The topological polar surface area (TPSA) is 32.3 Å². The van der Waals surface area contributed by atoms with Crippen LogP contribution in [-0.4, -0.2) is 47.0 Å². The number of amides is 1. The predicted molar refractivity (Wildman–Crippen MR) is 73.4 cm³/mol. The van der Waals surface area contributed by atoms with E-state index in [1.807, 2.05) is 11.8 Å². The van der Waals surface area contributed by atoms with Crippen molar-refractivity contribution in [3.05, 3.63) is 0 Å². The van der Waals surface area contributed by atoms with E-state index >= 15 is 0 Å². The summed E-state index contributed by atoms with van der Waals surface area (Å²) in [7, 11) is 0. The van der Waals surface area contributed by atoms with E-state index in [0.29, 0.717) is 10.7 Å². The summed E-state index contributed by atoms with van der Waals surface area (Å²) in [4.78, 5) is 14.4. The van der Waals surface area contributed by atoms with Crippen LogP contribution in [0.25, 0.3) is 0 Å². The summed E-state index contributed by atoms with van der Waals surface area (Å²) in [6, 6.07) is 0.0729. The molecule has 2 aliphatic rings. The van der Waals surface area contributed by atoms with Gasteiger partial charge in [-0.15, -0.1) is 0 Å². The van der Waals surface area contributed by atoms with Crippen LogP contribution in [0.5, 0.6) is 0 Å². The SMILES string of the molecule is CCNC1CCCN(CC2(C)CCCS2)C1=O. The molecule has 0 aromatic carbocycles. The third-order valence-corrected chi connectivity index (χ3v) is 5.33. The molecule has 0 radical (unpaired) electrons. The molecule has 2 atom stereocenters. The monoisotopic (exact) mass is 256 g/mol. The number of piperidine rings is 1. The molecule has 2 aliphatic heterocycles. The Morgan fingerprint density at radius 1 is 1.53 bits per heavy atom. The smallest absolute Gasteiger partial charge is 0.239 e. The molecule has 2 unspecified atom stereocenters. The molecule has 0 saturated carbocycles. The van der Waals surface area contributed by atoms with Gasteiger partial charge in [0.2, 0.25) is 5.91 Å². The molecule has 1 amide bonds. The first-order chi connectivity index (χ1) is 8.14. The Morgan fingerprint density at radius 3 is 3.00 bits per heavy atom. The molecule has 4 heteroatoms. The van der Waals surface area contributed by atoms with Crippen LogP contribution in [0.15, 0.2) is 0 Å². The molecule has 2 fully saturated rings. The van der Waals surface area contributed by atoms with Crippen molar-refractivity contribution in [2.75, 3.05) is 25.4 Å². The fourth-order valence-electron chi connectivity index (χ4n) is 2.90. The van der Waals surface area contributed by atoms with E-state index in [9.17, 15) is 4.79 Å². The van der Waals surface area contributed by atoms with Crippen LogP contribution >= 0.6 is 11.8 Å². The molecule has 0 spiro atoms. The van der Waals surface area contributed by atoms with Gasteiger partial charge in [0.05, 0.1) is 6.04 Å². The van der Waals surface area contributed by atoms with Gasteiger partial charge in [-0.3, -0.25) is 4.79 Å². The van der Waals surface area contributed by atoms with Gasteiger partial charge in [-0.05, 0) is 44.9 Å². The minimum absolute atomic E-state index is 0.0729. The maximum absolute atomic E-state index is 12.3. The largest absolute Gasteiger partial charge is 0.340 e. The van der Waals surface area contributed by atoms with Gasteiger partial charge in [0.1, 0.15) is 0 Å². The normalized spacial score (nSPS) is 34.4. The first-order valence-electron chi connectivity index (χ1n) is 6.81. The first kappa shape index (κ1) is 13.2. The van der Waals surface area contributed by atoms with E-state index in [1.165, 1.54) is 18.6 Å². The van der Waals surface area contributed by atoms with Gasteiger partial charge in [0.15, 0.2) is 0 Å². The van der Waals surface area contributed by atoms with Gasteiger partial charge in [-0.25, -0.2) is 0 Å². The number of rotatable bonds is 4. The summed E-state index contributed by atoms with van der Waals surface area (Å²) in [5.74, 6) is 1.58. The molecular formula is C13H24N2OS. The summed E-state index contributed by atoms with van der Waals surface area (Å²) in [5, 5.41) is 3.30. The molecule has 1 N–H and O–H groups in total. The average Bonchev–Trinajstić information content (AvgIpc) is 2.71. The number of carbonyl (C=O) groups excluding carboxylic acids is 1. The van der Waals surface area contributed by atoms with E-state index in [4.69, 9.17) is 0 Å². The molecule has 3 nitrogen and oxygen atoms in total. The Bertz CT molecular complexity index is 275. The second kappa shape index (κ2) is 5.61. The molecule has 0 aliphatic carbocycles. The molecule has 17 heavy (non-hydrogen) atoms. The summed E-state index contributed by atoms with van der Waals surface area (Å²) >= 11 is 2.04. The number of carbonyl (C=O) groups is 1. The molecule has 0 aromatic rings. The van der Waals surface area contributed by atoms with Crippen LogP contribution in [-0.2, 0) is 4.79 Å². The van der Waals surface area contributed by atoms with E-state index in [0.717, 1.165) is 32.5 Å². The second-order valence-electron chi connectivity index (χ2n) is 5.41. The van der Waals surface area contributed by atoms with Crippen LogP contribution in [0.2, 0.25) is 0 Å². The Morgan fingerprint density at radius 2 is 2.35 bits per heavy atom. The Hall–Kier alpha value is -0.220. The molecule has 0 aromatic heterocycles. The van der Waals surface area contributed by atoms with Crippen molar-refractivity contribution in [3.63, 3.8) is 0 Å². The molecule has 2 heterocycles. The van der Waals surface area contributed by atoms with E-state index in [1.54, 1.807) is 0 Å². The van der Waals surface area contributed by atoms with Crippen molar-refractivity contribution in [1.82, 2.24) is 10.2 Å². The predicted octanol–water partition coefficient (Wildman–Crippen LogP) is 1.87. The molecule has 0 bridgehead atoms. The van der Waals surface area contributed by atoms with Crippen molar-refractivity contribution < 1.29 is 4.79 Å². The van der Waals surface area contributed by atoms with Crippen LogP contribution in [0.4, 0.5) is 0 Å². The van der Waals surface area contributed by atoms with Crippen LogP contribution in [0.1, 0.15) is 39.5 Å². The van der Waals surface area contributed by atoms with Crippen molar-refractivity contribution >= 4 is 17.7 Å². The van der Waals surface area contributed by atoms with E-state index in [2.05, 4.69) is 24.1 Å². The number of hydrogen-bond donors (Lipinski definition) is 1. The fraction of sp³-hybridized carbons (Fsp3) is 0.923. The standard InChI is InChI=1S/C13H24N2OS/c1-3-14-11-6-4-8-15(12(11)16)10-13(2)7-5-9-17-13/h11,14H,3-10H2,1-2H3. The third kappa shape index (κ3) is 3.16. The third-order valence-electron chi connectivity index (χ3n) is 3.81. The van der Waals surface area contributed by atoms with Crippen LogP contribution in [0.3, 0.4) is 0 Å². The maximum Gasteiger partial charge on any atom is 0.239 e. The quantitative estimate of drug-likeness (QED) is 0.833. The van der Waals surface area contributed by atoms with Gasteiger partial charge in [-0.2, -0.15) is 11.8 Å². The van der Waals surface area contributed by atoms with Gasteiger partial charge in [0.25, 0.3) is 0 Å². The van der Waals surface area contributed by atoms with Gasteiger partial charge < -0.3 is 10.2 Å². The van der Waals surface area contributed by atoms with Crippen LogP contribution in [0, 0.1) is 0 Å². The van der Waals surface area contributed by atoms with E-state index < -0.39 is 0 Å². The van der Waals surface area contributed by atoms with Crippen molar-refractivity contribution in [3.8, 4) is 0 Å². The zero-order chi connectivity index (χ0) is 12.3. The Balaban J connectivity index is 1.93. The molecule has 2 rings (SSSR count). The lowest BCUT2D eigenvalue weighted by Crippen LogP contribution is -2.53. The average molecular weight is 256 g/mol. The zero-order valence-electron chi connectivity index (χ0n) is 11.0. The Labute approximate surface area is 109 Å².